The van der Waals surface area contributed by atoms with E-state index in [-0.39, 0.29) is 36.0 Å². The van der Waals surface area contributed by atoms with Gasteiger partial charge in [-0.2, -0.15) is 5.10 Å². The van der Waals surface area contributed by atoms with Crippen LogP contribution in [0.1, 0.15) is 12.0 Å². The van der Waals surface area contributed by atoms with E-state index in [0.29, 0.717) is 11.3 Å². The molecule has 0 saturated carbocycles. The van der Waals surface area contributed by atoms with Gasteiger partial charge in [0, 0.05) is 19.2 Å². The van der Waals surface area contributed by atoms with Crippen molar-refractivity contribution < 1.29 is 14.0 Å². The number of benzene rings is 1. The van der Waals surface area contributed by atoms with E-state index in [4.69, 9.17) is 0 Å². The van der Waals surface area contributed by atoms with Gasteiger partial charge >= 0.3 is 0 Å². The van der Waals surface area contributed by atoms with Gasteiger partial charge < -0.3 is 5.32 Å². The van der Waals surface area contributed by atoms with Crippen LogP contribution in [-0.2, 0) is 9.59 Å². The van der Waals surface area contributed by atoms with Crippen LogP contribution in [0.4, 0.5) is 16.0 Å². The zero-order valence-electron chi connectivity index (χ0n) is 14.0. The van der Waals surface area contributed by atoms with Gasteiger partial charge in [-0.3, -0.25) is 19.6 Å². The van der Waals surface area contributed by atoms with Crippen molar-refractivity contribution in [3.63, 3.8) is 0 Å². The van der Waals surface area contributed by atoms with Gasteiger partial charge in [0.1, 0.15) is 11.6 Å². The molecule has 3 aromatic rings. The normalized spacial score (nSPS) is 17.1. The predicted octanol–water partition coefficient (Wildman–Crippen LogP) is 2.40. The Morgan fingerprint density at radius 3 is 2.96 bits per heavy atom. The second-order valence-corrected chi connectivity index (χ2v) is 6.33. The summed E-state index contributed by atoms with van der Waals surface area (Å²) in [5, 5.41) is 9.76. The maximum atomic E-state index is 14.2. The van der Waals surface area contributed by atoms with Crippen LogP contribution in [0.5, 0.6) is 0 Å². The Bertz CT molecular complexity index is 998. The highest BCUT2D eigenvalue weighted by Gasteiger charge is 2.37. The number of rotatable bonds is 3. The van der Waals surface area contributed by atoms with E-state index in [2.05, 4.69) is 20.5 Å². The fourth-order valence-corrected chi connectivity index (χ4v) is 3.07. The third-order valence-electron chi connectivity index (χ3n) is 4.43. The second kappa shape index (κ2) is 6.21. The molecule has 4 rings (SSSR count). The number of aromatic amines is 1. The van der Waals surface area contributed by atoms with E-state index in [9.17, 15) is 14.0 Å². The van der Waals surface area contributed by atoms with Gasteiger partial charge in [-0.25, -0.2) is 9.37 Å². The fraction of sp³-hybridized carbons (Fsp3) is 0.222. The SMILES string of the molecule is Cc1ccc(NC(=O)[C@H]2CC(=O)N(c3n[nH]c4cccc(F)c34)C2)nc1. The third kappa shape index (κ3) is 2.79. The number of pyridine rings is 1. The number of aryl methyl sites for hydroxylation is 1. The summed E-state index contributed by atoms with van der Waals surface area (Å²) >= 11 is 0. The molecule has 26 heavy (non-hydrogen) atoms. The van der Waals surface area contributed by atoms with Crippen LogP contribution in [0.15, 0.2) is 36.5 Å². The Labute approximate surface area is 148 Å². The Hall–Kier alpha value is -3.29. The standard InChI is InChI=1S/C18H16FN5O2/c1-10-5-6-14(20-8-10)21-18(26)11-7-15(25)24(9-11)17-16-12(19)3-2-4-13(16)22-23-17/h2-6,8,11H,7,9H2,1H3,(H,22,23)(H,20,21,26)/t11-/m0/s1. The number of anilines is 2. The Balaban J connectivity index is 1.54. The average molecular weight is 353 g/mol. The first-order chi connectivity index (χ1) is 12.5. The molecule has 0 bridgehead atoms. The van der Waals surface area contributed by atoms with E-state index in [1.807, 2.05) is 13.0 Å². The number of H-pyrrole nitrogens is 1. The molecule has 2 N–H and O–H groups in total. The zero-order valence-corrected chi connectivity index (χ0v) is 14.0. The molecule has 7 nitrogen and oxygen atoms in total. The van der Waals surface area contributed by atoms with Gasteiger partial charge in [0.05, 0.1) is 16.8 Å². The number of amides is 2. The van der Waals surface area contributed by atoms with Crippen molar-refractivity contribution in [1.29, 1.82) is 0 Å². The molecule has 1 aliphatic rings. The van der Waals surface area contributed by atoms with Gasteiger partial charge in [-0.15, -0.1) is 0 Å². The Morgan fingerprint density at radius 1 is 1.35 bits per heavy atom. The summed E-state index contributed by atoms with van der Waals surface area (Å²) in [7, 11) is 0. The van der Waals surface area contributed by atoms with E-state index in [0.717, 1.165) is 5.56 Å². The Morgan fingerprint density at radius 2 is 2.19 bits per heavy atom. The molecule has 1 aliphatic heterocycles. The van der Waals surface area contributed by atoms with Crippen LogP contribution in [-0.4, -0.2) is 33.5 Å². The molecule has 2 aromatic heterocycles. The quantitative estimate of drug-likeness (QED) is 0.756. The fourth-order valence-electron chi connectivity index (χ4n) is 3.07. The van der Waals surface area contributed by atoms with Crippen molar-refractivity contribution in [3.05, 3.63) is 47.9 Å². The first-order valence-electron chi connectivity index (χ1n) is 8.19. The van der Waals surface area contributed by atoms with E-state index >= 15 is 0 Å². The molecule has 0 spiro atoms. The van der Waals surface area contributed by atoms with E-state index in [1.165, 1.54) is 11.0 Å². The molecule has 1 atom stereocenters. The summed E-state index contributed by atoms with van der Waals surface area (Å²) in [4.78, 5) is 30.3. The highest BCUT2D eigenvalue weighted by molar-refractivity contribution is 6.06. The molecule has 8 heteroatoms. The summed E-state index contributed by atoms with van der Waals surface area (Å²) in [5.41, 5.74) is 1.49. The largest absolute Gasteiger partial charge is 0.310 e. The topological polar surface area (TPSA) is 91.0 Å². The minimum atomic E-state index is -0.552. The van der Waals surface area contributed by atoms with Crippen molar-refractivity contribution >= 4 is 34.4 Å². The van der Waals surface area contributed by atoms with Crippen molar-refractivity contribution in [2.24, 2.45) is 5.92 Å². The number of hydrogen-bond acceptors (Lipinski definition) is 4. The summed E-state index contributed by atoms with van der Waals surface area (Å²) < 4.78 is 14.2. The van der Waals surface area contributed by atoms with E-state index in [1.54, 1.807) is 24.4 Å². The highest BCUT2D eigenvalue weighted by atomic mass is 19.1. The molecule has 0 unspecified atom stereocenters. The lowest BCUT2D eigenvalue weighted by atomic mass is 10.1. The molecule has 0 aliphatic carbocycles. The van der Waals surface area contributed by atoms with Crippen LogP contribution < -0.4 is 10.2 Å². The lowest BCUT2D eigenvalue weighted by Gasteiger charge is -2.14. The van der Waals surface area contributed by atoms with Gasteiger partial charge in [0.2, 0.25) is 11.8 Å². The highest BCUT2D eigenvalue weighted by Crippen LogP contribution is 2.31. The van der Waals surface area contributed by atoms with Crippen molar-refractivity contribution in [2.75, 3.05) is 16.8 Å². The molecule has 1 aromatic carbocycles. The molecular weight excluding hydrogens is 337 g/mol. The monoisotopic (exact) mass is 353 g/mol. The number of carbonyl (C=O) groups is 2. The molecule has 1 fully saturated rings. The minimum absolute atomic E-state index is 0.0422. The maximum absolute atomic E-state index is 14.2. The third-order valence-corrected chi connectivity index (χ3v) is 4.43. The maximum Gasteiger partial charge on any atom is 0.230 e. The number of halogens is 1. The number of carbonyl (C=O) groups excluding carboxylic acids is 2. The number of aromatic nitrogens is 3. The lowest BCUT2D eigenvalue weighted by Crippen LogP contribution is -2.28. The minimum Gasteiger partial charge on any atom is -0.310 e. The molecule has 132 valence electrons. The summed E-state index contributed by atoms with van der Waals surface area (Å²) in [6.07, 6.45) is 1.70. The van der Waals surface area contributed by atoms with Crippen molar-refractivity contribution in [1.82, 2.24) is 15.2 Å². The predicted molar refractivity (Wildman–Crippen MR) is 94.1 cm³/mol. The van der Waals surface area contributed by atoms with Crippen molar-refractivity contribution in [2.45, 2.75) is 13.3 Å². The van der Waals surface area contributed by atoms with Gasteiger partial charge in [0.15, 0.2) is 5.82 Å². The van der Waals surface area contributed by atoms with Gasteiger partial charge in [-0.1, -0.05) is 12.1 Å². The number of hydrogen-bond donors (Lipinski definition) is 2. The van der Waals surface area contributed by atoms with Gasteiger partial charge in [0.25, 0.3) is 0 Å². The summed E-state index contributed by atoms with van der Waals surface area (Å²) in [5.74, 6) is -0.925. The van der Waals surface area contributed by atoms with Gasteiger partial charge in [-0.05, 0) is 30.7 Å². The van der Waals surface area contributed by atoms with Crippen molar-refractivity contribution in [3.8, 4) is 0 Å². The smallest absolute Gasteiger partial charge is 0.230 e. The lowest BCUT2D eigenvalue weighted by molar-refractivity contribution is -0.122. The zero-order chi connectivity index (χ0) is 18.3. The first-order valence-corrected chi connectivity index (χ1v) is 8.19. The second-order valence-electron chi connectivity index (χ2n) is 6.33. The van der Waals surface area contributed by atoms with Crippen LogP contribution >= 0.6 is 0 Å². The number of nitrogens with one attached hydrogen (secondary N) is 2. The van der Waals surface area contributed by atoms with Crippen LogP contribution in [0.3, 0.4) is 0 Å². The molecule has 1 saturated heterocycles. The Kier molecular flexibility index (Phi) is 3.87. The number of nitrogens with zero attached hydrogens (tertiary/aromatic N) is 3. The van der Waals surface area contributed by atoms with E-state index < -0.39 is 11.7 Å². The molecule has 0 radical (unpaired) electrons. The summed E-state index contributed by atoms with van der Waals surface area (Å²) in [6, 6.07) is 8.11. The molecule has 3 heterocycles. The van der Waals surface area contributed by atoms with Crippen LogP contribution in [0.2, 0.25) is 0 Å². The first kappa shape index (κ1) is 16.2. The van der Waals surface area contributed by atoms with Crippen LogP contribution in [0.25, 0.3) is 10.9 Å². The average Bonchev–Trinajstić information content (AvgIpc) is 3.21. The molecular formula is C18H16FN5O2. The van der Waals surface area contributed by atoms with Crippen LogP contribution in [0, 0.1) is 18.7 Å². The number of fused-ring (bicyclic) bond motifs is 1. The summed E-state index contributed by atoms with van der Waals surface area (Å²) in [6.45, 7) is 2.05. The molecule has 2 amide bonds.